The van der Waals surface area contributed by atoms with E-state index in [1.807, 2.05) is 13.1 Å². The summed E-state index contributed by atoms with van der Waals surface area (Å²) in [6, 6.07) is 10.8. The summed E-state index contributed by atoms with van der Waals surface area (Å²) in [4.78, 5) is 2.49. The van der Waals surface area contributed by atoms with Gasteiger partial charge in [0.1, 0.15) is 12.9 Å². The van der Waals surface area contributed by atoms with Crippen molar-refractivity contribution in [3.8, 4) is 17.6 Å². The number of benzene rings is 2. The average Bonchev–Trinajstić information content (AvgIpc) is 3.20. The van der Waals surface area contributed by atoms with Gasteiger partial charge in [0.05, 0.1) is 46.5 Å². The molecule has 1 aromatic heterocycles. The van der Waals surface area contributed by atoms with E-state index in [0.717, 1.165) is 29.8 Å². The van der Waals surface area contributed by atoms with Gasteiger partial charge in [0, 0.05) is 17.9 Å². The molecule has 3 aromatic rings. The highest BCUT2D eigenvalue weighted by Crippen LogP contribution is 2.40. The first-order valence-corrected chi connectivity index (χ1v) is 16.4. The van der Waals surface area contributed by atoms with Gasteiger partial charge in [0.25, 0.3) is 0 Å². The summed E-state index contributed by atoms with van der Waals surface area (Å²) >= 11 is 7.71. The van der Waals surface area contributed by atoms with Crippen molar-refractivity contribution in [2.45, 2.75) is 37.0 Å². The zero-order valence-corrected chi connectivity index (χ0v) is 24.8. The number of rotatable bonds is 7. The molecule has 2 heterocycles. The van der Waals surface area contributed by atoms with Crippen molar-refractivity contribution in [2.75, 3.05) is 51.2 Å². The molecule has 11 heteroatoms. The molecule has 0 aliphatic carbocycles. The smallest absolute Gasteiger partial charge is 0.393 e. The van der Waals surface area contributed by atoms with Gasteiger partial charge in [0.2, 0.25) is 0 Å². The first kappa shape index (κ1) is 29.6. The van der Waals surface area contributed by atoms with Crippen molar-refractivity contribution in [3.63, 3.8) is 0 Å². The Bertz CT molecular complexity index is 1440. The van der Waals surface area contributed by atoms with E-state index in [9.17, 15) is 17.7 Å². The lowest BCUT2D eigenvalue weighted by molar-refractivity contribution is -0.126. The maximum Gasteiger partial charge on any atom is 0.393 e. The van der Waals surface area contributed by atoms with Gasteiger partial charge in [0.15, 0.2) is 0 Å². The number of methoxy groups -OCH3 is 1. The highest BCUT2D eigenvalue weighted by molar-refractivity contribution is 7.70. The van der Waals surface area contributed by atoms with Crippen molar-refractivity contribution in [3.05, 3.63) is 46.8 Å². The summed E-state index contributed by atoms with van der Waals surface area (Å²) in [5.41, 5.74) is 1.58. The van der Waals surface area contributed by atoms with Crippen LogP contribution < -0.4 is 20.7 Å². The number of piperidine rings is 1. The van der Waals surface area contributed by atoms with E-state index < -0.39 is 19.7 Å². The topological polar surface area (TPSA) is 53.6 Å². The number of ether oxygens (including phenoxy) is 1. The Morgan fingerprint density at radius 1 is 1.23 bits per heavy atom. The normalized spacial score (nSPS) is 18.5. The van der Waals surface area contributed by atoms with Crippen LogP contribution in [0.15, 0.2) is 36.4 Å². The number of nitrogens with one attached hydrogen (secondary N) is 2. The van der Waals surface area contributed by atoms with Crippen LogP contribution in [0.4, 0.5) is 24.5 Å². The average molecular weight is 598 g/mol. The summed E-state index contributed by atoms with van der Waals surface area (Å²) in [6.45, 7) is 4.42. The monoisotopic (exact) mass is 597 g/mol. The first-order valence-electron chi connectivity index (χ1n) is 12.5. The fraction of sp³-hybridized carbons (Fsp3) is 0.429. The summed E-state index contributed by atoms with van der Waals surface area (Å²) in [6.07, 6.45) is -3.77. The minimum atomic E-state index is -4.36. The number of thiophene rings is 1. The second-order valence-corrected chi connectivity index (χ2v) is 14.8. The number of halogens is 4. The van der Waals surface area contributed by atoms with Crippen molar-refractivity contribution >= 4 is 56.8 Å². The van der Waals surface area contributed by atoms with Crippen LogP contribution in [0, 0.1) is 11.8 Å². The molecule has 4 rings (SSSR count). The lowest BCUT2D eigenvalue weighted by Gasteiger charge is -2.34. The summed E-state index contributed by atoms with van der Waals surface area (Å²) in [5, 5.41) is 7.94. The zero-order chi connectivity index (χ0) is 28.4. The van der Waals surface area contributed by atoms with E-state index in [1.54, 1.807) is 43.7 Å². The lowest BCUT2D eigenvalue weighted by Crippen LogP contribution is -2.41. The van der Waals surface area contributed by atoms with E-state index in [2.05, 4.69) is 27.4 Å². The van der Waals surface area contributed by atoms with Crippen LogP contribution in [0.1, 0.15) is 23.3 Å². The molecular formula is C28H32ClF3N3O2PS. The standard InChI is InChI=1S/C28H32ClF3N3O2PS/c1-35-14-12-18(15-26(35)29)34-23-8-5-7-20-21(17-28(30,31)32)25(39-27(20)23)9-6-13-33-22-11-10-19(38(3,4)36)16-24(22)37-2/h5,7-8,10-11,16,18,26,33-34H,12-15,17H2,1-4H3. The Balaban J connectivity index is 1.59. The second kappa shape index (κ2) is 12.0. The molecule has 0 spiro atoms. The molecule has 2 atom stereocenters. The number of fused-ring (bicyclic) bond motifs is 1. The highest BCUT2D eigenvalue weighted by Gasteiger charge is 2.31. The van der Waals surface area contributed by atoms with E-state index >= 15 is 0 Å². The zero-order valence-electron chi connectivity index (χ0n) is 22.3. The van der Waals surface area contributed by atoms with Crippen LogP contribution >= 0.6 is 30.1 Å². The Morgan fingerprint density at radius 3 is 2.67 bits per heavy atom. The van der Waals surface area contributed by atoms with Crippen molar-refractivity contribution in [2.24, 2.45) is 0 Å². The van der Waals surface area contributed by atoms with Crippen molar-refractivity contribution in [1.82, 2.24) is 4.90 Å². The lowest BCUT2D eigenvalue weighted by atomic mass is 10.0. The first-order chi connectivity index (χ1) is 18.4. The third-order valence-electron chi connectivity index (χ3n) is 6.72. The molecule has 0 amide bonds. The largest absolute Gasteiger partial charge is 0.495 e. The van der Waals surface area contributed by atoms with E-state index in [0.29, 0.717) is 27.0 Å². The number of likely N-dealkylation sites (tertiary alicyclic amines) is 1. The highest BCUT2D eigenvalue weighted by atomic mass is 35.5. The van der Waals surface area contributed by atoms with E-state index in [1.165, 1.54) is 18.4 Å². The number of nitrogens with zero attached hydrogens (tertiary/aromatic N) is 1. The Labute approximate surface area is 236 Å². The molecule has 1 saturated heterocycles. The molecule has 1 aliphatic heterocycles. The third-order valence-corrected chi connectivity index (χ3v) is 9.95. The quantitative estimate of drug-likeness (QED) is 0.136. The number of hydrogen-bond acceptors (Lipinski definition) is 6. The summed E-state index contributed by atoms with van der Waals surface area (Å²) < 4.78 is 59.3. The molecule has 5 nitrogen and oxygen atoms in total. The molecule has 0 radical (unpaired) electrons. The van der Waals surface area contributed by atoms with Crippen LogP contribution in [0.2, 0.25) is 0 Å². The van der Waals surface area contributed by atoms with Gasteiger partial charge in [-0.2, -0.15) is 13.2 Å². The van der Waals surface area contributed by atoms with Gasteiger partial charge >= 0.3 is 6.18 Å². The maximum absolute atomic E-state index is 13.6. The van der Waals surface area contributed by atoms with Gasteiger partial charge in [-0.3, -0.25) is 4.90 Å². The fourth-order valence-corrected chi connectivity index (χ4v) is 6.91. The molecule has 0 saturated carbocycles. The van der Waals surface area contributed by atoms with Crippen molar-refractivity contribution < 1.29 is 22.5 Å². The van der Waals surface area contributed by atoms with Gasteiger partial charge < -0.3 is 19.9 Å². The van der Waals surface area contributed by atoms with Gasteiger partial charge in [-0.05, 0) is 68.4 Å². The summed E-state index contributed by atoms with van der Waals surface area (Å²) in [5.74, 6) is 6.48. The molecule has 2 aromatic carbocycles. The SMILES string of the molecule is COc1cc(P(C)(C)=O)ccc1NCC#Cc1sc2c(NC3CCN(C)C(Cl)C3)cccc2c1CC(F)(F)F. The van der Waals surface area contributed by atoms with Crippen LogP contribution in [-0.2, 0) is 11.0 Å². The predicted molar refractivity (Wildman–Crippen MR) is 158 cm³/mol. The molecule has 2 unspecified atom stereocenters. The van der Waals surface area contributed by atoms with Crippen LogP contribution in [0.25, 0.3) is 10.1 Å². The fourth-order valence-electron chi connectivity index (χ4n) is 4.57. The van der Waals surface area contributed by atoms with Crippen LogP contribution in [-0.4, -0.2) is 63.2 Å². The Kier molecular flexibility index (Phi) is 9.12. The number of hydrogen-bond donors (Lipinski definition) is 2. The molecule has 1 fully saturated rings. The molecular weight excluding hydrogens is 566 g/mol. The van der Waals surface area contributed by atoms with Crippen LogP contribution in [0.3, 0.4) is 0 Å². The summed E-state index contributed by atoms with van der Waals surface area (Å²) in [7, 11) is 1.06. The second-order valence-electron chi connectivity index (χ2n) is 10.1. The molecule has 0 bridgehead atoms. The van der Waals surface area contributed by atoms with Gasteiger partial charge in [-0.25, -0.2) is 0 Å². The van der Waals surface area contributed by atoms with Crippen molar-refractivity contribution in [1.29, 1.82) is 0 Å². The minimum absolute atomic E-state index is 0.0863. The van der Waals surface area contributed by atoms with Crippen LogP contribution in [0.5, 0.6) is 5.75 Å². The van der Waals surface area contributed by atoms with E-state index in [4.69, 9.17) is 16.3 Å². The molecule has 210 valence electrons. The Morgan fingerprint density at radius 2 is 2.00 bits per heavy atom. The third kappa shape index (κ3) is 7.43. The maximum atomic E-state index is 13.6. The van der Waals surface area contributed by atoms with Gasteiger partial charge in [-0.1, -0.05) is 24.0 Å². The number of anilines is 2. The minimum Gasteiger partial charge on any atom is -0.495 e. The molecule has 1 aliphatic rings. The molecule has 2 N–H and O–H groups in total. The number of alkyl halides is 4. The Hall–Kier alpha value is -2.37. The molecule has 39 heavy (non-hydrogen) atoms. The van der Waals surface area contributed by atoms with E-state index in [-0.39, 0.29) is 23.7 Å². The predicted octanol–water partition coefficient (Wildman–Crippen LogP) is 6.80. The van der Waals surface area contributed by atoms with Gasteiger partial charge in [-0.15, -0.1) is 22.9 Å².